The second-order valence-corrected chi connectivity index (χ2v) is 9.46. The highest BCUT2D eigenvalue weighted by molar-refractivity contribution is 7.89. The fourth-order valence-electron chi connectivity index (χ4n) is 2.91. The summed E-state index contributed by atoms with van der Waals surface area (Å²) in [6.07, 6.45) is 1.50. The van der Waals surface area contributed by atoms with E-state index in [1.54, 1.807) is 31.2 Å². The quantitative estimate of drug-likeness (QED) is 0.630. The number of carbonyl (C=O) groups excluding carboxylic acids is 2. The van der Waals surface area contributed by atoms with Crippen LogP contribution in [0.5, 0.6) is 0 Å². The molecular weight excluding hydrogens is 380 g/mol. The van der Waals surface area contributed by atoms with Gasteiger partial charge < -0.3 is 10.1 Å². The van der Waals surface area contributed by atoms with Crippen molar-refractivity contribution in [3.05, 3.63) is 29.8 Å². The highest BCUT2D eigenvalue weighted by atomic mass is 32.2. The first-order chi connectivity index (χ1) is 13.2. The largest absolute Gasteiger partial charge is 0.453 e. The molecule has 1 unspecified atom stereocenters. The van der Waals surface area contributed by atoms with Gasteiger partial charge in [-0.1, -0.05) is 26.0 Å². The van der Waals surface area contributed by atoms with Crippen LogP contribution in [0.4, 0.5) is 0 Å². The molecular formula is C20H30N2O5S. The molecule has 7 nitrogen and oxygen atoms in total. The summed E-state index contributed by atoms with van der Waals surface area (Å²) in [7, 11) is -3.43. The van der Waals surface area contributed by atoms with Crippen LogP contribution >= 0.6 is 0 Å². The summed E-state index contributed by atoms with van der Waals surface area (Å²) in [5.74, 6) is -0.441. The average Bonchev–Trinajstić information content (AvgIpc) is 3.20. The van der Waals surface area contributed by atoms with Gasteiger partial charge in [0.05, 0.1) is 4.90 Å². The van der Waals surface area contributed by atoms with Crippen molar-refractivity contribution in [2.45, 2.75) is 57.5 Å². The molecule has 1 saturated heterocycles. The summed E-state index contributed by atoms with van der Waals surface area (Å²) in [6, 6.07) is 6.59. The molecule has 0 aliphatic carbocycles. The number of hydrogen-bond donors (Lipinski definition) is 1. The minimum atomic E-state index is -3.43. The zero-order valence-electron chi connectivity index (χ0n) is 16.8. The van der Waals surface area contributed by atoms with E-state index in [-0.39, 0.29) is 17.2 Å². The predicted molar refractivity (Wildman–Crippen MR) is 106 cm³/mol. The van der Waals surface area contributed by atoms with Crippen molar-refractivity contribution in [2.24, 2.45) is 5.92 Å². The van der Waals surface area contributed by atoms with E-state index >= 15 is 0 Å². The summed E-state index contributed by atoms with van der Waals surface area (Å²) in [5.41, 5.74) is 0.842. The van der Waals surface area contributed by atoms with Gasteiger partial charge in [0.1, 0.15) is 0 Å². The molecule has 2 rings (SSSR count). The third-order valence-corrected chi connectivity index (χ3v) is 6.52. The first-order valence-corrected chi connectivity index (χ1v) is 11.2. The minimum Gasteiger partial charge on any atom is -0.453 e. The van der Waals surface area contributed by atoms with Crippen molar-refractivity contribution in [1.82, 2.24) is 9.62 Å². The number of hydrogen-bond acceptors (Lipinski definition) is 5. The SMILES string of the molecule is CC(C)CNC(=O)C(C)OC(=O)CCc1ccc(S(=O)(=O)N2CCCC2)cc1. The van der Waals surface area contributed by atoms with Gasteiger partial charge in [0.15, 0.2) is 6.10 Å². The van der Waals surface area contributed by atoms with Gasteiger partial charge >= 0.3 is 5.97 Å². The lowest BCUT2D eigenvalue weighted by atomic mass is 10.1. The molecule has 1 heterocycles. The number of esters is 1. The number of sulfonamides is 1. The van der Waals surface area contributed by atoms with Crippen LogP contribution in [-0.4, -0.2) is 50.3 Å². The Balaban J connectivity index is 1.82. The Morgan fingerprint density at radius 3 is 2.29 bits per heavy atom. The van der Waals surface area contributed by atoms with Crippen molar-refractivity contribution < 1.29 is 22.7 Å². The van der Waals surface area contributed by atoms with Crippen LogP contribution in [0.3, 0.4) is 0 Å². The number of nitrogens with one attached hydrogen (secondary N) is 1. The van der Waals surface area contributed by atoms with E-state index < -0.39 is 22.1 Å². The molecule has 0 saturated carbocycles. The number of carbonyl (C=O) groups is 2. The molecule has 0 aromatic heterocycles. The summed E-state index contributed by atoms with van der Waals surface area (Å²) in [4.78, 5) is 24.1. The predicted octanol–water partition coefficient (Wildman–Crippen LogP) is 2.11. The maximum atomic E-state index is 12.5. The van der Waals surface area contributed by atoms with Crippen LogP contribution in [0.15, 0.2) is 29.2 Å². The van der Waals surface area contributed by atoms with Crippen molar-refractivity contribution in [3.8, 4) is 0 Å². The van der Waals surface area contributed by atoms with Crippen LogP contribution in [0.2, 0.25) is 0 Å². The highest BCUT2D eigenvalue weighted by Gasteiger charge is 2.27. The third kappa shape index (κ3) is 6.31. The Bertz CT molecular complexity index is 768. The van der Waals surface area contributed by atoms with Gasteiger partial charge in [-0.2, -0.15) is 4.31 Å². The molecule has 156 valence electrons. The second kappa shape index (κ2) is 10.0. The molecule has 1 amide bonds. The number of benzene rings is 1. The van der Waals surface area contributed by atoms with E-state index in [0.717, 1.165) is 18.4 Å². The van der Waals surface area contributed by atoms with E-state index in [4.69, 9.17) is 4.74 Å². The fourth-order valence-corrected chi connectivity index (χ4v) is 4.43. The standard InChI is InChI=1S/C20H30N2O5S/c1-15(2)14-21-20(24)16(3)27-19(23)11-8-17-6-9-18(10-7-17)28(25,26)22-12-4-5-13-22/h6-7,9-10,15-16H,4-5,8,11-14H2,1-3H3,(H,21,24). The van der Waals surface area contributed by atoms with Gasteiger partial charge in [0.25, 0.3) is 5.91 Å². The first-order valence-electron chi connectivity index (χ1n) is 9.76. The van der Waals surface area contributed by atoms with Crippen molar-refractivity contribution in [2.75, 3.05) is 19.6 Å². The molecule has 28 heavy (non-hydrogen) atoms. The molecule has 1 fully saturated rings. The normalized spacial score (nSPS) is 16.1. The van der Waals surface area contributed by atoms with E-state index in [1.165, 1.54) is 4.31 Å². The first kappa shape index (κ1) is 22.4. The van der Waals surface area contributed by atoms with Gasteiger partial charge in [0.2, 0.25) is 10.0 Å². The van der Waals surface area contributed by atoms with Crippen molar-refractivity contribution >= 4 is 21.9 Å². The smallest absolute Gasteiger partial charge is 0.306 e. The molecule has 1 aromatic carbocycles. The molecule has 1 aliphatic rings. The Morgan fingerprint density at radius 1 is 1.11 bits per heavy atom. The van der Waals surface area contributed by atoms with Crippen LogP contribution in [0.25, 0.3) is 0 Å². The number of amides is 1. The summed E-state index contributed by atoms with van der Waals surface area (Å²) < 4.78 is 31.7. The molecule has 1 aliphatic heterocycles. The summed E-state index contributed by atoms with van der Waals surface area (Å²) >= 11 is 0. The van der Waals surface area contributed by atoms with Gasteiger partial charge in [-0.3, -0.25) is 9.59 Å². The lowest BCUT2D eigenvalue weighted by molar-refractivity contribution is -0.154. The van der Waals surface area contributed by atoms with Gasteiger partial charge in [-0.15, -0.1) is 0 Å². The molecule has 8 heteroatoms. The zero-order chi connectivity index (χ0) is 20.7. The lowest BCUT2D eigenvalue weighted by Crippen LogP contribution is -2.37. The number of aryl methyl sites for hydroxylation is 1. The maximum Gasteiger partial charge on any atom is 0.306 e. The Hall–Kier alpha value is -1.93. The van der Waals surface area contributed by atoms with E-state index in [1.807, 2.05) is 13.8 Å². The molecule has 1 aromatic rings. The van der Waals surface area contributed by atoms with E-state index in [0.29, 0.717) is 32.0 Å². The van der Waals surface area contributed by atoms with Crippen LogP contribution in [0.1, 0.15) is 45.6 Å². The summed E-state index contributed by atoms with van der Waals surface area (Å²) in [6.45, 7) is 7.19. The number of ether oxygens (including phenoxy) is 1. The molecule has 0 radical (unpaired) electrons. The van der Waals surface area contributed by atoms with Gasteiger partial charge in [0, 0.05) is 26.1 Å². The van der Waals surface area contributed by atoms with Crippen LogP contribution in [-0.2, 0) is 30.8 Å². The lowest BCUT2D eigenvalue weighted by Gasteiger charge is -2.16. The maximum absolute atomic E-state index is 12.5. The monoisotopic (exact) mass is 410 g/mol. The molecule has 0 spiro atoms. The van der Waals surface area contributed by atoms with Crippen LogP contribution < -0.4 is 5.32 Å². The average molecular weight is 411 g/mol. The van der Waals surface area contributed by atoms with Crippen LogP contribution in [0, 0.1) is 5.92 Å². The minimum absolute atomic E-state index is 0.125. The van der Waals surface area contributed by atoms with Gasteiger partial charge in [-0.05, 0) is 49.8 Å². The molecule has 1 N–H and O–H groups in total. The van der Waals surface area contributed by atoms with E-state index in [2.05, 4.69) is 5.32 Å². The zero-order valence-corrected chi connectivity index (χ0v) is 17.6. The van der Waals surface area contributed by atoms with Gasteiger partial charge in [-0.25, -0.2) is 8.42 Å². The highest BCUT2D eigenvalue weighted by Crippen LogP contribution is 2.21. The molecule has 0 bridgehead atoms. The second-order valence-electron chi connectivity index (χ2n) is 7.53. The number of nitrogens with zero attached hydrogens (tertiary/aromatic N) is 1. The Labute approximate surface area is 167 Å². The fraction of sp³-hybridized carbons (Fsp3) is 0.600. The Morgan fingerprint density at radius 2 is 1.71 bits per heavy atom. The molecule has 1 atom stereocenters. The summed E-state index contributed by atoms with van der Waals surface area (Å²) in [5, 5.41) is 2.73. The number of rotatable bonds is 9. The third-order valence-electron chi connectivity index (χ3n) is 4.61. The van der Waals surface area contributed by atoms with Crippen molar-refractivity contribution in [3.63, 3.8) is 0 Å². The van der Waals surface area contributed by atoms with Crippen molar-refractivity contribution in [1.29, 1.82) is 0 Å². The topological polar surface area (TPSA) is 92.8 Å². The Kier molecular flexibility index (Phi) is 8.00. The van der Waals surface area contributed by atoms with E-state index in [9.17, 15) is 18.0 Å².